The maximum Gasteiger partial charge on any atom is 0.270 e. The summed E-state index contributed by atoms with van der Waals surface area (Å²) in [5.74, 6) is -0.708. The maximum atomic E-state index is 11.3. The molecule has 0 spiro atoms. The van der Waals surface area contributed by atoms with Gasteiger partial charge in [0.25, 0.3) is 11.4 Å². The maximum absolute atomic E-state index is 11.3. The van der Waals surface area contributed by atoms with Crippen molar-refractivity contribution in [3.63, 3.8) is 0 Å². The Hall–Kier alpha value is -2.85. The van der Waals surface area contributed by atoms with Crippen LogP contribution in [0.3, 0.4) is 0 Å². The zero-order valence-corrected chi connectivity index (χ0v) is 22.2. The number of nitrogens with zero attached hydrogens (tertiary/aromatic N) is 4. The van der Waals surface area contributed by atoms with E-state index < -0.39 is 21.9 Å². The minimum absolute atomic E-state index is 0. The number of hydrogen-bond acceptors (Lipinski definition) is 10. The van der Waals surface area contributed by atoms with E-state index in [9.17, 15) is 40.7 Å². The first-order valence-electron chi connectivity index (χ1n) is 9.22. The summed E-state index contributed by atoms with van der Waals surface area (Å²) in [5.41, 5.74) is -0.101. The molecule has 0 heterocycles. The molecule has 0 N–H and O–H groups in total. The van der Waals surface area contributed by atoms with E-state index in [0.717, 1.165) is 36.4 Å². The van der Waals surface area contributed by atoms with Crippen LogP contribution in [0.5, 0.6) is 11.5 Å². The number of nitro benzene ring substituents is 2. The van der Waals surface area contributed by atoms with Gasteiger partial charge in [-0.05, 0) is 25.0 Å². The van der Waals surface area contributed by atoms with E-state index in [2.05, 4.69) is 9.98 Å². The standard InChI is InChI=1S/2C10H11N2O4.3O.2V/c2*1-7(6-13)11-5-8-4-9(12(15)16)2-3-10(8)14;;;;;/h2*2-5,7,14H,6H2,1H3;;;;;/q2*-1;3*-2;;/p-2/t2*7-;;;;;/m00...../s1. The van der Waals surface area contributed by atoms with Crippen molar-refractivity contribution in [1.29, 1.82) is 0 Å². The fourth-order valence-electron chi connectivity index (χ4n) is 2.00. The SMILES string of the molecule is C[C@@H](C[O-])N=Cc1cc([N+](=O)[O-])ccc1[O-].C[C@@H](C[O-])N=Cc1cc([N+](=O)[O-])ccc1[O-].[O-2].[O-2].[O-2].[V].[V]. The van der Waals surface area contributed by atoms with E-state index >= 15 is 0 Å². The molecule has 0 aliphatic rings. The van der Waals surface area contributed by atoms with E-state index in [-0.39, 0.29) is 101 Å². The average molecular weight is 594 g/mol. The molecular formula is C20H20N4O11V2-10. The van der Waals surface area contributed by atoms with Crippen molar-refractivity contribution < 1.29 is 83.8 Å². The summed E-state index contributed by atoms with van der Waals surface area (Å²) < 4.78 is 0. The van der Waals surface area contributed by atoms with Crippen molar-refractivity contribution in [2.24, 2.45) is 9.98 Å². The van der Waals surface area contributed by atoms with Crippen LogP contribution in [0, 0.1) is 20.2 Å². The number of hydrogen-bond donors (Lipinski definition) is 0. The fraction of sp³-hybridized carbons (Fsp3) is 0.300. The average Bonchev–Trinajstić information content (AvgIpc) is 2.77. The minimum atomic E-state index is -0.589. The van der Waals surface area contributed by atoms with Crippen LogP contribution < -0.4 is 20.4 Å². The second-order valence-electron chi connectivity index (χ2n) is 6.55. The van der Waals surface area contributed by atoms with Crippen LogP contribution in [0.4, 0.5) is 11.4 Å². The summed E-state index contributed by atoms with van der Waals surface area (Å²) in [6.07, 6.45) is 2.41. The molecule has 0 unspecified atom stereocenters. The van der Waals surface area contributed by atoms with Gasteiger partial charge in [0.1, 0.15) is 0 Å². The first-order valence-corrected chi connectivity index (χ1v) is 9.22. The summed E-state index contributed by atoms with van der Waals surface area (Å²) >= 11 is 0. The van der Waals surface area contributed by atoms with Gasteiger partial charge in [0.15, 0.2) is 0 Å². The normalized spacial score (nSPS) is 11.1. The summed E-state index contributed by atoms with van der Waals surface area (Å²) in [5, 5.41) is 64.4. The van der Waals surface area contributed by atoms with Crippen molar-refractivity contribution in [1.82, 2.24) is 0 Å². The molecule has 2 aromatic rings. The third kappa shape index (κ3) is 15.8. The molecular weight excluding hydrogens is 574 g/mol. The summed E-state index contributed by atoms with van der Waals surface area (Å²) in [6, 6.07) is 5.89. The van der Waals surface area contributed by atoms with Crippen LogP contribution in [0.2, 0.25) is 0 Å². The Balaban J connectivity index is -0.000000163. The molecule has 0 aliphatic carbocycles. The third-order valence-corrected chi connectivity index (χ3v) is 3.83. The number of rotatable bonds is 8. The van der Waals surface area contributed by atoms with Gasteiger partial charge in [0.2, 0.25) is 0 Å². The molecule has 15 nitrogen and oxygen atoms in total. The number of non-ortho nitro benzene ring substituents is 2. The summed E-state index contributed by atoms with van der Waals surface area (Å²) in [4.78, 5) is 27.4. The van der Waals surface area contributed by atoms with Gasteiger partial charge in [-0.1, -0.05) is 23.6 Å². The van der Waals surface area contributed by atoms with Crippen LogP contribution in [-0.2, 0) is 53.5 Å². The molecule has 2 rings (SSSR count). The number of nitro groups is 2. The van der Waals surface area contributed by atoms with Crippen LogP contribution in [0.1, 0.15) is 25.0 Å². The predicted octanol–water partition coefficient (Wildman–Crippen LogP) is -0.689. The Bertz CT molecular complexity index is 931. The van der Waals surface area contributed by atoms with Crippen LogP contribution in [-0.4, -0.2) is 47.6 Å². The fourth-order valence-corrected chi connectivity index (χ4v) is 2.00. The second kappa shape index (κ2) is 22.4. The van der Waals surface area contributed by atoms with Crippen molar-refractivity contribution in [3.8, 4) is 11.5 Å². The van der Waals surface area contributed by atoms with Crippen LogP contribution in [0.25, 0.3) is 0 Å². The molecule has 17 heteroatoms. The number of aliphatic imine (C=N–C) groups is 2. The van der Waals surface area contributed by atoms with E-state index in [0.29, 0.717) is 0 Å². The molecule has 0 amide bonds. The molecule has 0 saturated heterocycles. The second-order valence-corrected chi connectivity index (χ2v) is 6.55. The Morgan fingerprint density at radius 2 is 1.03 bits per heavy atom. The molecule has 2 atom stereocenters. The first-order chi connectivity index (χ1) is 15.1. The van der Waals surface area contributed by atoms with Gasteiger partial charge in [-0.25, -0.2) is 0 Å². The molecule has 2 aromatic carbocycles. The van der Waals surface area contributed by atoms with Gasteiger partial charge in [0, 0.05) is 85.9 Å². The smallest absolute Gasteiger partial charge is 0.270 e. The number of benzene rings is 2. The zero-order valence-electron chi connectivity index (χ0n) is 19.4. The monoisotopic (exact) mass is 594 g/mol. The van der Waals surface area contributed by atoms with Crippen LogP contribution >= 0.6 is 0 Å². The zero-order chi connectivity index (χ0) is 24.3. The molecule has 0 saturated carbocycles. The predicted molar refractivity (Wildman–Crippen MR) is 111 cm³/mol. The van der Waals surface area contributed by atoms with E-state index in [1.807, 2.05) is 0 Å². The molecule has 2 radical (unpaired) electrons. The van der Waals surface area contributed by atoms with Crippen molar-refractivity contribution in [3.05, 3.63) is 67.8 Å². The molecule has 0 bridgehead atoms. The first kappa shape index (κ1) is 44.2. The van der Waals surface area contributed by atoms with Gasteiger partial charge in [0.05, 0.1) is 9.85 Å². The van der Waals surface area contributed by atoms with E-state index in [1.54, 1.807) is 13.8 Å². The Labute approximate surface area is 235 Å². The minimum Gasteiger partial charge on any atom is -2.00 e. The summed E-state index contributed by atoms with van der Waals surface area (Å²) in [7, 11) is 0. The van der Waals surface area contributed by atoms with Gasteiger partial charge in [-0.2, -0.15) is 0 Å². The molecule has 0 aromatic heterocycles. The molecule has 0 aliphatic heterocycles. The van der Waals surface area contributed by atoms with Crippen molar-refractivity contribution in [2.45, 2.75) is 25.9 Å². The van der Waals surface area contributed by atoms with Crippen molar-refractivity contribution in [2.75, 3.05) is 13.2 Å². The largest absolute Gasteiger partial charge is 2.00 e. The molecule has 206 valence electrons. The summed E-state index contributed by atoms with van der Waals surface area (Å²) in [6.45, 7) is 2.43. The van der Waals surface area contributed by atoms with Crippen molar-refractivity contribution >= 4 is 23.8 Å². The third-order valence-electron chi connectivity index (χ3n) is 3.83. The molecule has 37 heavy (non-hydrogen) atoms. The molecule has 0 fully saturated rings. The Morgan fingerprint density at radius 1 is 0.730 bits per heavy atom. The Kier molecular flexibility index (Phi) is 26.7. The van der Waals surface area contributed by atoms with E-state index in [4.69, 9.17) is 0 Å². The van der Waals surface area contributed by atoms with E-state index in [1.165, 1.54) is 12.4 Å². The van der Waals surface area contributed by atoms with Crippen LogP contribution in [0.15, 0.2) is 46.4 Å². The topological polar surface area (TPSA) is 289 Å². The Morgan fingerprint density at radius 3 is 1.27 bits per heavy atom. The quantitative estimate of drug-likeness (QED) is 0.213. The van der Waals surface area contributed by atoms with Gasteiger partial charge in [-0.3, -0.25) is 30.2 Å². The van der Waals surface area contributed by atoms with Gasteiger partial charge in [-0.15, -0.1) is 13.2 Å². The van der Waals surface area contributed by atoms with Gasteiger partial charge >= 0.3 is 0 Å². The van der Waals surface area contributed by atoms with Gasteiger partial charge < -0.3 is 36.9 Å².